The van der Waals surface area contributed by atoms with Crippen LogP contribution in [-0.2, 0) is 6.42 Å². The van der Waals surface area contributed by atoms with Gasteiger partial charge in [-0.1, -0.05) is 18.2 Å². The average molecular weight is 532 g/mol. The number of hydrogen-bond acceptors (Lipinski definition) is 7. The number of benzene rings is 2. The van der Waals surface area contributed by atoms with Crippen LogP contribution in [0, 0.1) is 5.82 Å². The van der Waals surface area contributed by atoms with E-state index in [0.29, 0.717) is 25.0 Å². The van der Waals surface area contributed by atoms with Crippen LogP contribution in [0.2, 0.25) is 0 Å². The molecule has 7 rings (SSSR count). The summed E-state index contributed by atoms with van der Waals surface area (Å²) in [4.78, 5) is 23.5. The van der Waals surface area contributed by atoms with Gasteiger partial charge in [-0.25, -0.2) is 24.3 Å². The summed E-state index contributed by atoms with van der Waals surface area (Å²) in [5, 5.41) is 5.25. The molecule has 6 aromatic rings. The van der Waals surface area contributed by atoms with Crippen LogP contribution < -0.4 is 10.1 Å². The van der Waals surface area contributed by atoms with Gasteiger partial charge in [-0.2, -0.15) is 0 Å². The number of rotatable bonds is 7. The van der Waals surface area contributed by atoms with Crippen LogP contribution in [-0.4, -0.2) is 42.6 Å². The van der Waals surface area contributed by atoms with E-state index in [9.17, 15) is 4.39 Å². The smallest absolute Gasteiger partial charge is 0.223 e. The molecular weight excluding hydrogens is 505 g/mol. The highest BCUT2D eigenvalue weighted by Gasteiger charge is 2.31. The lowest BCUT2D eigenvalue weighted by Gasteiger charge is -2.18. The molecule has 0 spiro atoms. The summed E-state index contributed by atoms with van der Waals surface area (Å²) in [6, 6.07) is 20.3. The Balaban J connectivity index is 1.26. The second-order valence-corrected chi connectivity index (χ2v) is 9.76. The van der Waals surface area contributed by atoms with Crippen molar-refractivity contribution in [3.8, 4) is 28.5 Å². The van der Waals surface area contributed by atoms with Crippen LogP contribution in [0.4, 0.5) is 10.3 Å². The van der Waals surface area contributed by atoms with Crippen LogP contribution in [0.15, 0.2) is 79.1 Å². The first-order chi connectivity index (χ1) is 19.7. The Morgan fingerprint density at radius 2 is 1.73 bits per heavy atom. The van der Waals surface area contributed by atoms with Gasteiger partial charge in [-0.15, -0.1) is 0 Å². The third kappa shape index (κ3) is 4.29. The molecule has 0 unspecified atom stereocenters. The Hall–Kier alpha value is -4.92. The minimum absolute atomic E-state index is 0.0207. The molecule has 8 nitrogen and oxygen atoms in total. The molecule has 1 N–H and O–H groups in total. The normalized spacial score (nSPS) is 14.5. The largest absolute Gasteiger partial charge is 0.475 e. The molecule has 9 heteroatoms. The molecule has 198 valence electrons. The van der Waals surface area contributed by atoms with Gasteiger partial charge in [0.25, 0.3) is 0 Å². The van der Waals surface area contributed by atoms with E-state index in [-0.39, 0.29) is 11.9 Å². The fourth-order valence-electron chi connectivity index (χ4n) is 5.39. The maximum Gasteiger partial charge on any atom is 0.223 e. The van der Waals surface area contributed by atoms with Crippen molar-refractivity contribution < 1.29 is 9.13 Å². The molecule has 1 aliphatic heterocycles. The molecule has 0 radical (unpaired) electrons. The van der Waals surface area contributed by atoms with Crippen LogP contribution in [0.3, 0.4) is 0 Å². The number of ether oxygens (including phenoxy) is 1. The number of nitrogens with one attached hydrogen (secondary N) is 1. The standard InChI is InChI=1S/C31H26FN7O/c1-2-33-31-35-17-15-24(36-31)30-29(21-7-10-22(32)11-8-21)37-25-13-12-23(39(25)30)18-40-26-14-9-20-6-5-19-4-3-16-34-27(19)28(20)38-26/h3-11,14-17,23H,2,12-13,18H2,1H3,(H,33,35,36)/t23-/m0/s1. The molecule has 0 saturated heterocycles. The molecule has 5 heterocycles. The third-order valence-electron chi connectivity index (χ3n) is 7.23. The molecule has 4 aromatic heterocycles. The van der Waals surface area contributed by atoms with Crippen LogP contribution in [0.25, 0.3) is 44.5 Å². The first-order valence-electron chi connectivity index (χ1n) is 13.4. The predicted molar refractivity (Wildman–Crippen MR) is 153 cm³/mol. The lowest BCUT2D eigenvalue weighted by Crippen LogP contribution is -2.16. The number of imidazole rings is 1. The second-order valence-electron chi connectivity index (χ2n) is 9.76. The predicted octanol–water partition coefficient (Wildman–Crippen LogP) is 6.24. The van der Waals surface area contributed by atoms with Crippen molar-refractivity contribution in [3.63, 3.8) is 0 Å². The van der Waals surface area contributed by atoms with Crippen molar-refractivity contribution in [1.29, 1.82) is 0 Å². The van der Waals surface area contributed by atoms with E-state index in [1.807, 2.05) is 37.3 Å². The van der Waals surface area contributed by atoms with Crippen molar-refractivity contribution in [2.24, 2.45) is 0 Å². The number of pyridine rings is 2. The van der Waals surface area contributed by atoms with Crippen LogP contribution in [0.5, 0.6) is 5.88 Å². The molecule has 40 heavy (non-hydrogen) atoms. The van der Waals surface area contributed by atoms with E-state index in [4.69, 9.17) is 19.7 Å². The van der Waals surface area contributed by atoms with Gasteiger partial charge >= 0.3 is 0 Å². The Morgan fingerprint density at radius 3 is 2.58 bits per heavy atom. The Bertz CT molecular complexity index is 1850. The van der Waals surface area contributed by atoms with E-state index in [1.54, 1.807) is 24.5 Å². The highest BCUT2D eigenvalue weighted by Crippen LogP contribution is 2.39. The monoisotopic (exact) mass is 531 g/mol. The third-order valence-corrected chi connectivity index (χ3v) is 7.23. The molecule has 0 saturated carbocycles. The average Bonchev–Trinajstić information content (AvgIpc) is 3.56. The summed E-state index contributed by atoms with van der Waals surface area (Å²) in [5.41, 5.74) is 4.89. The van der Waals surface area contributed by atoms with Gasteiger partial charge < -0.3 is 14.6 Å². The molecule has 0 amide bonds. The Kier molecular flexibility index (Phi) is 6.03. The number of hydrogen-bond donors (Lipinski definition) is 1. The Morgan fingerprint density at radius 1 is 0.900 bits per heavy atom. The molecule has 1 atom stereocenters. The Labute approximate surface area is 229 Å². The second kappa shape index (κ2) is 10.00. The number of aromatic nitrogens is 6. The summed E-state index contributed by atoms with van der Waals surface area (Å²) in [5.74, 6) is 1.77. The minimum atomic E-state index is -0.286. The molecular formula is C31H26FN7O. The van der Waals surface area contributed by atoms with Gasteiger partial charge in [0.15, 0.2) is 0 Å². The van der Waals surface area contributed by atoms with Crippen molar-refractivity contribution >= 4 is 27.8 Å². The van der Waals surface area contributed by atoms with Crippen molar-refractivity contribution in [3.05, 3.63) is 90.8 Å². The number of fused-ring (bicyclic) bond motifs is 4. The van der Waals surface area contributed by atoms with Gasteiger partial charge in [0.2, 0.25) is 11.8 Å². The first kappa shape index (κ1) is 24.1. The van der Waals surface area contributed by atoms with E-state index >= 15 is 0 Å². The van der Waals surface area contributed by atoms with E-state index in [1.165, 1.54) is 12.1 Å². The van der Waals surface area contributed by atoms with E-state index in [2.05, 4.69) is 32.0 Å². The minimum Gasteiger partial charge on any atom is -0.475 e. The highest BCUT2D eigenvalue weighted by molar-refractivity contribution is 6.02. The van der Waals surface area contributed by atoms with Gasteiger partial charge in [-0.3, -0.25) is 4.98 Å². The molecule has 2 aromatic carbocycles. The summed E-state index contributed by atoms with van der Waals surface area (Å²) in [7, 11) is 0. The summed E-state index contributed by atoms with van der Waals surface area (Å²) < 4.78 is 22.3. The van der Waals surface area contributed by atoms with E-state index < -0.39 is 0 Å². The SMILES string of the molecule is CCNc1nccc(-c2c(-c3ccc(F)cc3)nc3n2[C@H](COc2ccc4ccc5cccnc5c4n2)CC3)n1. The van der Waals surface area contributed by atoms with Gasteiger partial charge in [0.05, 0.1) is 28.6 Å². The molecule has 0 aliphatic carbocycles. The van der Waals surface area contributed by atoms with Gasteiger partial charge in [-0.05, 0) is 55.8 Å². The lowest BCUT2D eigenvalue weighted by molar-refractivity contribution is 0.248. The highest BCUT2D eigenvalue weighted by atomic mass is 19.1. The van der Waals surface area contributed by atoms with Crippen molar-refractivity contribution in [2.75, 3.05) is 18.5 Å². The van der Waals surface area contributed by atoms with Gasteiger partial charge in [0, 0.05) is 47.8 Å². The zero-order valence-corrected chi connectivity index (χ0v) is 21.9. The van der Waals surface area contributed by atoms with Crippen LogP contribution >= 0.6 is 0 Å². The number of halogens is 1. The fourth-order valence-corrected chi connectivity index (χ4v) is 5.39. The topological polar surface area (TPSA) is 90.6 Å². The zero-order chi connectivity index (χ0) is 27.1. The maximum atomic E-state index is 13.8. The first-order valence-corrected chi connectivity index (χ1v) is 13.4. The summed E-state index contributed by atoms with van der Waals surface area (Å²) in [6.45, 7) is 3.13. The van der Waals surface area contributed by atoms with Gasteiger partial charge in [0.1, 0.15) is 23.8 Å². The van der Waals surface area contributed by atoms with Crippen LogP contribution in [0.1, 0.15) is 25.2 Å². The molecule has 0 bridgehead atoms. The summed E-state index contributed by atoms with van der Waals surface area (Å²) in [6.07, 6.45) is 5.20. The number of aryl methyl sites for hydroxylation is 1. The number of anilines is 1. The quantitative estimate of drug-likeness (QED) is 0.244. The zero-order valence-electron chi connectivity index (χ0n) is 21.9. The molecule has 1 aliphatic rings. The van der Waals surface area contributed by atoms with Crippen molar-refractivity contribution in [1.82, 2.24) is 29.5 Å². The maximum absolute atomic E-state index is 13.8. The summed E-state index contributed by atoms with van der Waals surface area (Å²) >= 11 is 0. The number of nitrogens with zero attached hydrogens (tertiary/aromatic N) is 6. The van der Waals surface area contributed by atoms with E-state index in [0.717, 1.165) is 63.1 Å². The van der Waals surface area contributed by atoms with Crippen molar-refractivity contribution in [2.45, 2.75) is 25.8 Å². The lowest BCUT2D eigenvalue weighted by atomic mass is 10.1. The fraction of sp³-hybridized carbons (Fsp3) is 0.194. The molecule has 0 fully saturated rings.